The van der Waals surface area contributed by atoms with Crippen LogP contribution in [0.25, 0.3) is 27.5 Å². The fourth-order valence-corrected chi connectivity index (χ4v) is 5.19. The molecule has 1 aliphatic rings. The molecule has 5 rings (SSSR count). The number of benzene rings is 2. The highest BCUT2D eigenvalue weighted by Gasteiger charge is 2.25. The van der Waals surface area contributed by atoms with E-state index in [1.165, 1.54) is 10.6 Å². The molecule has 0 atom stereocenters. The Labute approximate surface area is 171 Å². The first-order chi connectivity index (χ1) is 13.1. The molecule has 0 fully saturated rings. The van der Waals surface area contributed by atoms with Gasteiger partial charge < -0.3 is 4.90 Å². The number of nitrogens with zero attached hydrogens (tertiary/aromatic N) is 3. The summed E-state index contributed by atoms with van der Waals surface area (Å²) in [6.07, 6.45) is 1.03. The molecule has 27 heavy (non-hydrogen) atoms. The van der Waals surface area contributed by atoms with Crippen LogP contribution in [0.4, 0.5) is 0 Å². The Morgan fingerprint density at radius 1 is 0.926 bits per heavy atom. The van der Waals surface area contributed by atoms with Gasteiger partial charge in [0.2, 0.25) is 0 Å². The largest absolute Gasteiger partial charge is 0.301 e. The Kier molecular flexibility index (Phi) is 4.25. The van der Waals surface area contributed by atoms with Crippen LogP contribution < -0.4 is 0 Å². The van der Waals surface area contributed by atoms with Gasteiger partial charge in [-0.25, -0.2) is 4.98 Å². The van der Waals surface area contributed by atoms with Crippen molar-refractivity contribution < 1.29 is 0 Å². The summed E-state index contributed by atoms with van der Waals surface area (Å²) in [7, 11) is 2.17. The molecule has 0 saturated carbocycles. The molecule has 3 nitrogen and oxygen atoms in total. The standard InChI is InChI=1S/C21H17Cl2N3S/c1-25-11-10-17-18(12-25)27-21-24-19(13-2-6-15(22)7-3-13)20(26(17)21)14-4-8-16(23)9-5-14/h2-9H,10-12H2,1H3. The number of hydrogen-bond donors (Lipinski definition) is 0. The molecular formula is C21H17Cl2N3S. The first kappa shape index (κ1) is 17.3. The van der Waals surface area contributed by atoms with Crippen LogP contribution in [0.1, 0.15) is 10.6 Å². The van der Waals surface area contributed by atoms with Gasteiger partial charge in [-0.2, -0.15) is 0 Å². The third-order valence-corrected chi connectivity index (χ3v) is 6.60. The van der Waals surface area contributed by atoms with Crippen molar-refractivity contribution in [2.75, 3.05) is 13.6 Å². The topological polar surface area (TPSA) is 20.5 Å². The summed E-state index contributed by atoms with van der Waals surface area (Å²) in [6, 6.07) is 15.9. The van der Waals surface area contributed by atoms with Crippen molar-refractivity contribution in [3.8, 4) is 22.5 Å². The van der Waals surface area contributed by atoms with Gasteiger partial charge in [-0.3, -0.25) is 4.40 Å². The van der Waals surface area contributed by atoms with Gasteiger partial charge in [0.25, 0.3) is 0 Å². The quantitative estimate of drug-likeness (QED) is 0.400. The van der Waals surface area contributed by atoms with Crippen LogP contribution in [0.5, 0.6) is 0 Å². The van der Waals surface area contributed by atoms with Crippen LogP contribution in [0.2, 0.25) is 10.0 Å². The number of fused-ring (bicyclic) bond motifs is 3. The lowest BCUT2D eigenvalue weighted by Gasteiger charge is -2.22. The smallest absolute Gasteiger partial charge is 0.195 e. The van der Waals surface area contributed by atoms with Gasteiger partial charge in [-0.1, -0.05) is 58.8 Å². The summed E-state index contributed by atoms with van der Waals surface area (Å²) in [5.74, 6) is 0. The van der Waals surface area contributed by atoms with Crippen molar-refractivity contribution >= 4 is 39.5 Å². The second-order valence-corrected chi connectivity index (χ2v) is 8.84. The van der Waals surface area contributed by atoms with Crippen molar-refractivity contribution in [2.24, 2.45) is 0 Å². The molecule has 3 heterocycles. The molecule has 0 bridgehead atoms. The lowest BCUT2D eigenvalue weighted by molar-refractivity contribution is 0.314. The summed E-state index contributed by atoms with van der Waals surface area (Å²) in [4.78, 5) is 9.84. The van der Waals surface area contributed by atoms with E-state index in [9.17, 15) is 0 Å². The van der Waals surface area contributed by atoms with Crippen molar-refractivity contribution in [3.05, 3.63) is 69.1 Å². The number of thiazole rings is 1. The molecule has 0 N–H and O–H groups in total. The van der Waals surface area contributed by atoms with Gasteiger partial charge in [0, 0.05) is 51.3 Å². The first-order valence-electron chi connectivity index (χ1n) is 8.83. The van der Waals surface area contributed by atoms with E-state index in [1.807, 2.05) is 36.4 Å². The predicted molar refractivity (Wildman–Crippen MR) is 114 cm³/mol. The maximum Gasteiger partial charge on any atom is 0.195 e. The van der Waals surface area contributed by atoms with Crippen LogP contribution in [0.3, 0.4) is 0 Å². The van der Waals surface area contributed by atoms with Gasteiger partial charge in [-0.05, 0) is 31.3 Å². The Balaban J connectivity index is 1.79. The fourth-order valence-electron chi connectivity index (χ4n) is 3.69. The molecular weight excluding hydrogens is 397 g/mol. The minimum Gasteiger partial charge on any atom is -0.301 e. The maximum absolute atomic E-state index is 6.14. The lowest BCUT2D eigenvalue weighted by atomic mass is 10.0. The molecule has 1 aliphatic heterocycles. The molecule has 0 saturated heterocycles. The summed E-state index contributed by atoms with van der Waals surface area (Å²) in [5.41, 5.74) is 5.69. The summed E-state index contributed by atoms with van der Waals surface area (Å²) in [6.45, 7) is 2.05. The normalized spacial score (nSPS) is 14.6. The fraction of sp³-hybridized carbons (Fsp3) is 0.190. The predicted octanol–water partition coefficient (Wildman–Crippen LogP) is 6.02. The molecule has 0 radical (unpaired) electrons. The average Bonchev–Trinajstić information content (AvgIpc) is 3.18. The zero-order valence-electron chi connectivity index (χ0n) is 14.7. The maximum atomic E-state index is 6.14. The SMILES string of the molecule is CN1CCc2c(sc3nc(-c4ccc(Cl)cc4)c(-c4ccc(Cl)cc4)n23)C1. The third kappa shape index (κ3) is 2.97. The van der Waals surface area contributed by atoms with E-state index in [-0.39, 0.29) is 0 Å². The van der Waals surface area contributed by atoms with Crippen LogP contribution in [0.15, 0.2) is 48.5 Å². The second kappa shape index (κ2) is 6.64. The Morgan fingerprint density at radius 2 is 1.56 bits per heavy atom. The third-order valence-electron chi connectivity index (χ3n) is 5.03. The highest BCUT2D eigenvalue weighted by atomic mass is 35.5. The number of hydrogen-bond acceptors (Lipinski definition) is 3. The van der Waals surface area contributed by atoms with E-state index in [0.717, 1.165) is 57.0 Å². The minimum atomic E-state index is 0.730. The van der Waals surface area contributed by atoms with Crippen molar-refractivity contribution in [1.29, 1.82) is 0 Å². The van der Waals surface area contributed by atoms with E-state index < -0.39 is 0 Å². The number of likely N-dealkylation sites (N-methyl/N-ethyl adjacent to an activating group) is 1. The second-order valence-electron chi connectivity index (χ2n) is 6.90. The van der Waals surface area contributed by atoms with Crippen LogP contribution in [-0.4, -0.2) is 27.9 Å². The van der Waals surface area contributed by atoms with Gasteiger partial charge >= 0.3 is 0 Å². The van der Waals surface area contributed by atoms with Crippen LogP contribution in [0, 0.1) is 0 Å². The Bertz CT molecular complexity index is 1130. The molecule has 2 aromatic carbocycles. The average molecular weight is 414 g/mol. The van der Waals surface area contributed by atoms with Gasteiger partial charge in [0.15, 0.2) is 4.96 Å². The number of rotatable bonds is 2. The van der Waals surface area contributed by atoms with E-state index in [0.29, 0.717) is 0 Å². The van der Waals surface area contributed by atoms with E-state index >= 15 is 0 Å². The molecule has 4 aromatic rings. The number of imidazole rings is 1. The zero-order chi connectivity index (χ0) is 18.5. The van der Waals surface area contributed by atoms with Gasteiger partial charge in [0.1, 0.15) is 0 Å². The van der Waals surface area contributed by atoms with Crippen molar-refractivity contribution in [2.45, 2.75) is 13.0 Å². The summed E-state index contributed by atoms with van der Waals surface area (Å²) < 4.78 is 2.35. The van der Waals surface area contributed by atoms with E-state index in [1.54, 1.807) is 11.3 Å². The van der Waals surface area contributed by atoms with E-state index in [2.05, 4.69) is 28.5 Å². The Morgan fingerprint density at radius 3 is 2.22 bits per heavy atom. The molecule has 0 aliphatic carbocycles. The summed E-state index contributed by atoms with van der Waals surface area (Å²) >= 11 is 14.0. The summed E-state index contributed by atoms with van der Waals surface area (Å²) in [5, 5.41) is 1.47. The lowest BCUT2D eigenvalue weighted by Crippen LogP contribution is -2.26. The molecule has 2 aromatic heterocycles. The number of aromatic nitrogens is 2. The molecule has 0 spiro atoms. The first-order valence-corrected chi connectivity index (χ1v) is 10.4. The monoisotopic (exact) mass is 413 g/mol. The van der Waals surface area contributed by atoms with Crippen molar-refractivity contribution in [3.63, 3.8) is 0 Å². The van der Waals surface area contributed by atoms with E-state index in [4.69, 9.17) is 28.2 Å². The number of halogens is 2. The molecule has 0 amide bonds. The molecule has 6 heteroatoms. The highest BCUT2D eigenvalue weighted by molar-refractivity contribution is 7.17. The van der Waals surface area contributed by atoms with Gasteiger partial charge in [-0.15, -0.1) is 0 Å². The van der Waals surface area contributed by atoms with Crippen LogP contribution >= 0.6 is 34.5 Å². The molecule has 136 valence electrons. The van der Waals surface area contributed by atoms with Crippen LogP contribution in [-0.2, 0) is 13.0 Å². The molecule has 0 unspecified atom stereocenters. The minimum absolute atomic E-state index is 0.730. The highest BCUT2D eigenvalue weighted by Crippen LogP contribution is 2.39. The van der Waals surface area contributed by atoms with Crippen molar-refractivity contribution in [1.82, 2.24) is 14.3 Å². The zero-order valence-corrected chi connectivity index (χ0v) is 17.1. The van der Waals surface area contributed by atoms with Gasteiger partial charge in [0.05, 0.1) is 11.4 Å². The Hall–Kier alpha value is -1.85.